The molecule has 0 bridgehead atoms. The molecule has 3 aromatic carbocycles. The van der Waals surface area contributed by atoms with E-state index in [1.165, 1.54) is 11.8 Å². The zero-order chi connectivity index (χ0) is 22.3. The van der Waals surface area contributed by atoms with Crippen LogP contribution in [0.5, 0.6) is 17.4 Å². The number of aromatic nitrogens is 2. The number of amides is 1. The van der Waals surface area contributed by atoms with Gasteiger partial charge in [-0.15, -0.1) is 0 Å². The van der Waals surface area contributed by atoms with E-state index in [2.05, 4.69) is 15.3 Å². The van der Waals surface area contributed by atoms with Crippen molar-refractivity contribution >= 4 is 35.0 Å². The fraction of sp³-hybridized carbons (Fsp3) is 0.0417. The van der Waals surface area contributed by atoms with Crippen molar-refractivity contribution in [3.05, 3.63) is 95.8 Å². The fourth-order valence-electron chi connectivity index (χ4n) is 2.76. The Labute approximate surface area is 194 Å². The van der Waals surface area contributed by atoms with E-state index in [4.69, 9.17) is 21.1 Å². The number of nitrogens with one attached hydrogen (secondary N) is 1. The van der Waals surface area contributed by atoms with Gasteiger partial charge in [0, 0.05) is 39.6 Å². The Bertz CT molecular complexity index is 1220. The minimum Gasteiger partial charge on any atom is -0.497 e. The summed E-state index contributed by atoms with van der Waals surface area (Å²) >= 11 is 7.37. The van der Waals surface area contributed by atoms with Gasteiger partial charge in [0.2, 0.25) is 0 Å². The first-order chi connectivity index (χ1) is 15.6. The van der Waals surface area contributed by atoms with Crippen molar-refractivity contribution in [1.29, 1.82) is 0 Å². The van der Waals surface area contributed by atoms with Crippen LogP contribution >= 0.6 is 23.4 Å². The second-order valence-electron chi connectivity index (χ2n) is 6.54. The largest absolute Gasteiger partial charge is 0.497 e. The number of carbonyl (C=O) groups excluding carboxylic acids is 1. The number of halogens is 1. The van der Waals surface area contributed by atoms with Gasteiger partial charge in [-0.1, -0.05) is 29.4 Å². The van der Waals surface area contributed by atoms with Crippen LogP contribution in [0.1, 0.15) is 10.4 Å². The molecule has 0 fully saturated rings. The number of anilines is 1. The number of methoxy groups -OCH3 is 1. The number of rotatable bonds is 7. The molecule has 1 heterocycles. The van der Waals surface area contributed by atoms with E-state index in [9.17, 15) is 4.79 Å². The summed E-state index contributed by atoms with van der Waals surface area (Å²) in [5, 5.41) is 4.13. The molecule has 0 saturated carbocycles. The van der Waals surface area contributed by atoms with Crippen molar-refractivity contribution in [2.24, 2.45) is 0 Å². The van der Waals surface area contributed by atoms with Gasteiger partial charge >= 0.3 is 0 Å². The minimum atomic E-state index is -0.233. The topological polar surface area (TPSA) is 73.3 Å². The fourth-order valence-corrected chi connectivity index (χ4v) is 3.67. The van der Waals surface area contributed by atoms with E-state index in [-0.39, 0.29) is 5.91 Å². The highest BCUT2D eigenvalue weighted by Crippen LogP contribution is 2.34. The average Bonchev–Trinajstić information content (AvgIpc) is 2.82. The average molecular weight is 464 g/mol. The third kappa shape index (κ3) is 5.57. The molecule has 0 spiro atoms. The number of nitrogens with zero attached hydrogens (tertiary/aromatic N) is 2. The van der Waals surface area contributed by atoms with Crippen LogP contribution in [-0.2, 0) is 0 Å². The first-order valence-corrected chi connectivity index (χ1v) is 10.8. The maximum Gasteiger partial charge on any atom is 0.255 e. The first-order valence-electron chi connectivity index (χ1n) is 9.58. The Balaban J connectivity index is 1.44. The lowest BCUT2D eigenvalue weighted by Crippen LogP contribution is -2.11. The van der Waals surface area contributed by atoms with Crippen molar-refractivity contribution in [3.63, 3.8) is 0 Å². The van der Waals surface area contributed by atoms with Crippen molar-refractivity contribution in [3.8, 4) is 17.4 Å². The SMILES string of the molecule is COc1cccc(NC(=O)c2ccc(Oc3nccnc3Sc3ccc(Cl)cc3)cc2)c1. The Morgan fingerprint density at radius 1 is 0.938 bits per heavy atom. The summed E-state index contributed by atoms with van der Waals surface area (Å²) < 4.78 is 11.1. The molecule has 1 aromatic heterocycles. The van der Waals surface area contributed by atoms with Gasteiger partial charge in [-0.25, -0.2) is 9.97 Å². The summed E-state index contributed by atoms with van der Waals surface area (Å²) in [5.41, 5.74) is 1.15. The van der Waals surface area contributed by atoms with Crippen LogP contribution in [0.2, 0.25) is 5.02 Å². The van der Waals surface area contributed by atoms with E-state index >= 15 is 0 Å². The molecule has 0 unspecified atom stereocenters. The maximum atomic E-state index is 12.5. The Morgan fingerprint density at radius 2 is 1.69 bits per heavy atom. The quantitative estimate of drug-likeness (QED) is 0.345. The molecule has 1 amide bonds. The maximum absolute atomic E-state index is 12.5. The monoisotopic (exact) mass is 463 g/mol. The molecule has 0 radical (unpaired) electrons. The van der Waals surface area contributed by atoms with Crippen LogP contribution in [-0.4, -0.2) is 23.0 Å². The summed E-state index contributed by atoms with van der Waals surface area (Å²) in [6.07, 6.45) is 3.17. The summed E-state index contributed by atoms with van der Waals surface area (Å²) in [4.78, 5) is 22.2. The van der Waals surface area contributed by atoms with E-state index in [0.29, 0.717) is 38.7 Å². The second-order valence-corrected chi connectivity index (χ2v) is 8.03. The van der Waals surface area contributed by atoms with E-state index in [1.807, 2.05) is 36.4 Å². The zero-order valence-electron chi connectivity index (χ0n) is 17.0. The van der Waals surface area contributed by atoms with Gasteiger partial charge in [0.25, 0.3) is 11.8 Å². The lowest BCUT2D eigenvalue weighted by molar-refractivity contribution is 0.102. The van der Waals surface area contributed by atoms with Crippen LogP contribution in [0.25, 0.3) is 0 Å². The first kappa shape index (κ1) is 21.7. The van der Waals surface area contributed by atoms with Gasteiger partial charge in [0.05, 0.1) is 7.11 Å². The molecule has 0 saturated heterocycles. The minimum absolute atomic E-state index is 0.233. The Kier molecular flexibility index (Phi) is 6.89. The highest BCUT2D eigenvalue weighted by molar-refractivity contribution is 7.99. The smallest absolute Gasteiger partial charge is 0.255 e. The molecule has 0 atom stereocenters. The third-order valence-corrected chi connectivity index (χ3v) is 5.55. The normalized spacial score (nSPS) is 10.4. The van der Waals surface area contributed by atoms with Gasteiger partial charge in [0.15, 0.2) is 5.03 Å². The Morgan fingerprint density at radius 3 is 2.44 bits per heavy atom. The van der Waals surface area contributed by atoms with Gasteiger partial charge in [-0.3, -0.25) is 4.79 Å². The predicted molar refractivity (Wildman–Crippen MR) is 125 cm³/mol. The molecule has 0 aliphatic carbocycles. The number of hydrogen-bond acceptors (Lipinski definition) is 6. The molecule has 8 heteroatoms. The van der Waals surface area contributed by atoms with Crippen molar-refractivity contribution < 1.29 is 14.3 Å². The molecule has 1 N–H and O–H groups in total. The summed E-state index contributed by atoms with van der Waals surface area (Å²) in [6, 6.07) is 21.4. The van der Waals surface area contributed by atoms with E-state index < -0.39 is 0 Å². The lowest BCUT2D eigenvalue weighted by Gasteiger charge is -2.10. The van der Waals surface area contributed by atoms with Crippen molar-refractivity contribution in [2.75, 3.05) is 12.4 Å². The van der Waals surface area contributed by atoms with Crippen molar-refractivity contribution in [1.82, 2.24) is 9.97 Å². The molecule has 0 aliphatic heterocycles. The number of hydrogen-bond donors (Lipinski definition) is 1. The standard InChI is InChI=1S/C24H18ClN3O3S/c1-30-20-4-2-3-18(15-20)28-22(29)16-5-9-19(10-6-16)31-23-24(27-14-13-26-23)32-21-11-7-17(25)8-12-21/h2-15H,1H3,(H,28,29). The molecule has 6 nitrogen and oxygen atoms in total. The molecule has 4 aromatic rings. The summed E-state index contributed by atoms with van der Waals surface area (Å²) in [5.74, 6) is 1.36. The van der Waals surface area contributed by atoms with Crippen LogP contribution < -0.4 is 14.8 Å². The molecule has 4 rings (SSSR count). The molecule has 32 heavy (non-hydrogen) atoms. The number of carbonyl (C=O) groups is 1. The highest BCUT2D eigenvalue weighted by atomic mass is 35.5. The van der Waals surface area contributed by atoms with Gasteiger partial charge in [-0.05, 0) is 60.7 Å². The van der Waals surface area contributed by atoms with Gasteiger partial charge in [0.1, 0.15) is 11.5 Å². The summed E-state index contributed by atoms with van der Waals surface area (Å²) in [7, 11) is 1.58. The lowest BCUT2D eigenvalue weighted by atomic mass is 10.2. The van der Waals surface area contributed by atoms with Crippen molar-refractivity contribution in [2.45, 2.75) is 9.92 Å². The van der Waals surface area contributed by atoms with E-state index in [0.717, 1.165) is 4.90 Å². The van der Waals surface area contributed by atoms with Gasteiger partial charge in [-0.2, -0.15) is 0 Å². The summed E-state index contributed by atoms with van der Waals surface area (Å²) in [6.45, 7) is 0. The molecular weight excluding hydrogens is 446 g/mol. The van der Waals surface area contributed by atoms with E-state index in [1.54, 1.807) is 55.9 Å². The second kappa shape index (κ2) is 10.2. The number of ether oxygens (including phenoxy) is 2. The van der Waals surface area contributed by atoms with Crippen LogP contribution in [0, 0.1) is 0 Å². The number of benzene rings is 3. The highest BCUT2D eigenvalue weighted by Gasteiger charge is 2.12. The van der Waals surface area contributed by atoms with Crippen LogP contribution in [0.15, 0.2) is 95.1 Å². The molecule has 0 aliphatic rings. The van der Waals surface area contributed by atoms with Gasteiger partial charge < -0.3 is 14.8 Å². The molecule has 160 valence electrons. The van der Waals surface area contributed by atoms with Crippen LogP contribution in [0.4, 0.5) is 5.69 Å². The van der Waals surface area contributed by atoms with Crippen LogP contribution in [0.3, 0.4) is 0 Å². The zero-order valence-corrected chi connectivity index (χ0v) is 18.6. The Hall–Kier alpha value is -3.55. The third-order valence-electron chi connectivity index (χ3n) is 4.32. The molecular formula is C24H18ClN3O3S. The predicted octanol–water partition coefficient (Wildman–Crippen LogP) is 6.33.